The van der Waals surface area contributed by atoms with Crippen molar-refractivity contribution in [3.63, 3.8) is 0 Å². The topological polar surface area (TPSA) is 59.1 Å². The lowest BCUT2D eigenvalue weighted by Gasteiger charge is -2.15. The van der Waals surface area contributed by atoms with Gasteiger partial charge in [-0.1, -0.05) is 30.3 Å². The SMILES string of the molecule is CCN1C(=O)/C(=C/c2cc(C(=O)c3ccccc3)c(OC)cc2OC)N(C)C1=S. The van der Waals surface area contributed by atoms with Crippen LogP contribution >= 0.6 is 12.2 Å². The molecule has 3 rings (SSSR count). The average Bonchev–Trinajstić information content (AvgIpc) is 2.96. The first-order valence-corrected chi connectivity index (χ1v) is 9.50. The molecular formula is C22H22N2O4S. The molecule has 6 nitrogen and oxygen atoms in total. The molecule has 1 saturated heterocycles. The number of rotatable bonds is 6. The van der Waals surface area contributed by atoms with E-state index in [-0.39, 0.29) is 11.7 Å². The van der Waals surface area contributed by atoms with Gasteiger partial charge in [0.25, 0.3) is 5.91 Å². The summed E-state index contributed by atoms with van der Waals surface area (Å²) in [6, 6.07) is 12.3. The summed E-state index contributed by atoms with van der Waals surface area (Å²) >= 11 is 5.35. The summed E-state index contributed by atoms with van der Waals surface area (Å²) < 4.78 is 10.9. The number of hydrogen-bond acceptors (Lipinski definition) is 5. The molecular weight excluding hydrogens is 388 g/mol. The zero-order valence-corrected chi connectivity index (χ0v) is 17.6. The smallest absolute Gasteiger partial charge is 0.276 e. The standard InChI is InChI=1S/C22H22N2O4S/c1-5-24-21(26)17(23(2)22(24)29)12-15-11-16(19(28-4)13-18(15)27-3)20(25)14-9-7-6-8-10-14/h6-13H,5H2,1-4H3/b17-12-. The average molecular weight is 410 g/mol. The number of methoxy groups -OCH3 is 2. The van der Waals surface area contributed by atoms with E-state index >= 15 is 0 Å². The molecule has 150 valence electrons. The summed E-state index contributed by atoms with van der Waals surface area (Å²) in [5.74, 6) is 0.519. The Morgan fingerprint density at radius 2 is 1.76 bits per heavy atom. The molecule has 1 aliphatic heterocycles. The molecule has 0 N–H and O–H groups in total. The van der Waals surface area contributed by atoms with Gasteiger partial charge < -0.3 is 14.4 Å². The number of carbonyl (C=O) groups excluding carboxylic acids is 2. The minimum atomic E-state index is -0.186. The second kappa shape index (κ2) is 8.45. The third kappa shape index (κ3) is 3.73. The van der Waals surface area contributed by atoms with Crippen LogP contribution in [0, 0.1) is 0 Å². The molecule has 0 aliphatic carbocycles. The zero-order chi connectivity index (χ0) is 21.1. The van der Waals surface area contributed by atoms with E-state index in [1.165, 1.54) is 19.1 Å². The highest BCUT2D eigenvalue weighted by molar-refractivity contribution is 7.80. The zero-order valence-electron chi connectivity index (χ0n) is 16.8. The molecule has 0 bridgehead atoms. The van der Waals surface area contributed by atoms with Crippen molar-refractivity contribution in [1.29, 1.82) is 0 Å². The molecule has 0 spiro atoms. The molecule has 1 amide bonds. The minimum absolute atomic E-state index is 0.179. The first kappa shape index (κ1) is 20.5. The van der Waals surface area contributed by atoms with Gasteiger partial charge >= 0.3 is 0 Å². The molecule has 2 aromatic rings. The molecule has 0 saturated carbocycles. The van der Waals surface area contributed by atoms with E-state index < -0.39 is 0 Å². The molecule has 0 aromatic heterocycles. The number of hydrogen-bond donors (Lipinski definition) is 0. The Labute approximate surface area is 175 Å². The fourth-order valence-corrected chi connectivity index (χ4v) is 3.51. The van der Waals surface area contributed by atoms with Crippen molar-refractivity contribution in [2.45, 2.75) is 6.92 Å². The van der Waals surface area contributed by atoms with Crippen molar-refractivity contribution >= 4 is 35.1 Å². The van der Waals surface area contributed by atoms with E-state index in [0.717, 1.165) is 0 Å². The van der Waals surface area contributed by atoms with Crippen LogP contribution in [0.15, 0.2) is 48.2 Å². The van der Waals surface area contributed by atoms with Gasteiger partial charge in [-0.2, -0.15) is 0 Å². The maximum atomic E-state index is 13.0. The van der Waals surface area contributed by atoms with Crippen molar-refractivity contribution in [3.8, 4) is 11.5 Å². The van der Waals surface area contributed by atoms with Crippen molar-refractivity contribution in [2.75, 3.05) is 27.8 Å². The van der Waals surface area contributed by atoms with Gasteiger partial charge in [0.2, 0.25) is 0 Å². The van der Waals surface area contributed by atoms with E-state index in [2.05, 4.69) is 0 Å². The van der Waals surface area contributed by atoms with Crippen LogP contribution in [0.1, 0.15) is 28.4 Å². The fraction of sp³-hybridized carbons (Fsp3) is 0.227. The van der Waals surface area contributed by atoms with Gasteiger partial charge in [-0.15, -0.1) is 0 Å². The summed E-state index contributed by atoms with van der Waals surface area (Å²) in [7, 11) is 4.77. The van der Waals surface area contributed by atoms with Crippen LogP contribution in [-0.4, -0.2) is 54.4 Å². The third-order valence-corrected chi connectivity index (χ3v) is 5.28. The molecule has 7 heteroatoms. The van der Waals surface area contributed by atoms with Gasteiger partial charge in [-0.05, 0) is 31.3 Å². The summed E-state index contributed by atoms with van der Waals surface area (Å²) in [6.07, 6.45) is 1.68. The molecule has 2 aromatic carbocycles. The lowest BCUT2D eigenvalue weighted by Crippen LogP contribution is -2.30. The highest BCUT2D eigenvalue weighted by atomic mass is 32.1. The molecule has 29 heavy (non-hydrogen) atoms. The molecule has 0 atom stereocenters. The fourth-order valence-electron chi connectivity index (χ4n) is 3.20. The van der Waals surface area contributed by atoms with E-state index in [9.17, 15) is 9.59 Å². The first-order chi connectivity index (χ1) is 13.9. The Kier molecular flexibility index (Phi) is 5.98. The van der Waals surface area contributed by atoms with Crippen molar-refractivity contribution in [3.05, 3.63) is 64.9 Å². The molecule has 1 fully saturated rings. The summed E-state index contributed by atoms with van der Waals surface area (Å²) in [5.41, 5.74) is 1.93. The molecule has 0 unspecified atom stereocenters. The van der Waals surface area contributed by atoms with Gasteiger partial charge in [0.15, 0.2) is 10.9 Å². The normalized spacial score (nSPS) is 15.2. The maximum Gasteiger partial charge on any atom is 0.276 e. The number of amides is 1. The summed E-state index contributed by atoms with van der Waals surface area (Å²) in [5, 5.41) is 0.441. The van der Waals surface area contributed by atoms with Gasteiger partial charge in [-0.25, -0.2) is 0 Å². The van der Waals surface area contributed by atoms with Crippen molar-refractivity contribution in [1.82, 2.24) is 9.80 Å². The number of nitrogens with zero attached hydrogens (tertiary/aromatic N) is 2. The predicted molar refractivity (Wildman–Crippen MR) is 115 cm³/mol. The van der Waals surface area contributed by atoms with Crippen LogP contribution in [0.5, 0.6) is 11.5 Å². The second-order valence-corrected chi connectivity index (χ2v) is 6.78. The minimum Gasteiger partial charge on any atom is -0.496 e. The molecule has 0 radical (unpaired) electrons. The number of likely N-dealkylation sites (N-methyl/N-ethyl adjacent to an activating group) is 2. The van der Waals surface area contributed by atoms with Crippen LogP contribution in [0.2, 0.25) is 0 Å². The third-order valence-electron chi connectivity index (χ3n) is 4.78. The van der Waals surface area contributed by atoms with Gasteiger partial charge in [-0.3, -0.25) is 14.5 Å². The summed E-state index contributed by atoms with van der Waals surface area (Å²) in [4.78, 5) is 28.9. The van der Waals surface area contributed by atoms with Gasteiger partial charge in [0, 0.05) is 30.8 Å². The van der Waals surface area contributed by atoms with Crippen molar-refractivity contribution < 1.29 is 19.1 Å². The van der Waals surface area contributed by atoms with Crippen LogP contribution in [0.4, 0.5) is 0 Å². The van der Waals surface area contributed by atoms with Crippen LogP contribution < -0.4 is 9.47 Å². The van der Waals surface area contributed by atoms with Crippen LogP contribution in [0.25, 0.3) is 6.08 Å². The molecule has 1 heterocycles. The largest absolute Gasteiger partial charge is 0.496 e. The van der Waals surface area contributed by atoms with Crippen LogP contribution in [-0.2, 0) is 4.79 Å². The first-order valence-electron chi connectivity index (χ1n) is 9.09. The highest BCUT2D eigenvalue weighted by Crippen LogP contribution is 2.33. The van der Waals surface area contributed by atoms with Crippen LogP contribution in [0.3, 0.4) is 0 Å². The van der Waals surface area contributed by atoms with E-state index in [0.29, 0.717) is 45.5 Å². The summed E-state index contributed by atoms with van der Waals surface area (Å²) in [6.45, 7) is 2.35. The number of carbonyl (C=O) groups is 2. The van der Waals surface area contributed by atoms with Gasteiger partial charge in [0.1, 0.15) is 17.2 Å². The van der Waals surface area contributed by atoms with E-state index in [1.54, 1.807) is 54.4 Å². The Balaban J connectivity index is 2.13. The van der Waals surface area contributed by atoms with E-state index in [4.69, 9.17) is 21.7 Å². The Hall–Kier alpha value is -3.19. The monoisotopic (exact) mass is 410 g/mol. The van der Waals surface area contributed by atoms with Gasteiger partial charge in [0.05, 0.1) is 19.8 Å². The lowest BCUT2D eigenvalue weighted by atomic mass is 9.99. The number of thiocarbonyl (C=S) groups is 1. The molecule has 1 aliphatic rings. The number of ketones is 1. The van der Waals surface area contributed by atoms with E-state index in [1.807, 2.05) is 13.0 Å². The lowest BCUT2D eigenvalue weighted by molar-refractivity contribution is -0.122. The Morgan fingerprint density at radius 3 is 2.31 bits per heavy atom. The predicted octanol–water partition coefficient (Wildman–Crippen LogP) is 3.35. The Morgan fingerprint density at radius 1 is 1.10 bits per heavy atom. The highest BCUT2D eigenvalue weighted by Gasteiger charge is 2.34. The second-order valence-electron chi connectivity index (χ2n) is 6.41. The van der Waals surface area contributed by atoms with Crippen molar-refractivity contribution in [2.24, 2.45) is 0 Å². The number of benzene rings is 2. The Bertz CT molecular complexity index is 1000. The maximum absolute atomic E-state index is 13.0. The number of ether oxygens (including phenoxy) is 2. The quantitative estimate of drug-likeness (QED) is 0.414.